The molecule has 0 saturated heterocycles. The molecule has 0 aliphatic heterocycles. The number of hydrogen-bond donors (Lipinski definition) is 0. The van der Waals surface area contributed by atoms with Crippen molar-refractivity contribution in [1.82, 2.24) is 0 Å². The molecule has 0 aromatic heterocycles. The third-order valence-electron chi connectivity index (χ3n) is 2.07. The molecule has 80 valence electrons. The number of ether oxygens (including phenoxy) is 2. The Balaban J connectivity index is 2.63. The largest absolute Gasteiger partial charge is 0.492 e. The van der Waals surface area contributed by atoms with Gasteiger partial charge in [-0.2, -0.15) is 5.26 Å². The quantitative estimate of drug-likeness (QED) is 0.692. The highest BCUT2D eigenvalue weighted by molar-refractivity contribution is 5.47. The maximum atomic E-state index is 8.89. The van der Waals surface area contributed by atoms with Crippen LogP contribution in [0.4, 0.5) is 0 Å². The molecule has 0 radical (unpaired) electrons. The summed E-state index contributed by atoms with van der Waals surface area (Å²) in [5.74, 6) is 0.691. The van der Waals surface area contributed by atoms with Crippen LogP contribution in [-0.4, -0.2) is 20.3 Å². The summed E-state index contributed by atoms with van der Waals surface area (Å²) in [6, 6.07) is 7.68. The van der Waals surface area contributed by atoms with Gasteiger partial charge in [0.1, 0.15) is 11.8 Å². The minimum atomic E-state index is 0.577. The number of para-hydroxylation sites is 1. The van der Waals surface area contributed by atoms with Crippen LogP contribution in [0.2, 0.25) is 0 Å². The second-order valence-corrected chi connectivity index (χ2v) is 3.26. The zero-order chi connectivity index (χ0) is 11.1. The van der Waals surface area contributed by atoms with Crippen molar-refractivity contribution in [3.63, 3.8) is 0 Å². The predicted molar refractivity (Wildman–Crippen MR) is 57.9 cm³/mol. The van der Waals surface area contributed by atoms with E-state index in [1.807, 2.05) is 19.1 Å². The van der Waals surface area contributed by atoms with Gasteiger partial charge in [-0.05, 0) is 18.6 Å². The Labute approximate surface area is 90.2 Å². The van der Waals surface area contributed by atoms with Crippen molar-refractivity contribution >= 4 is 0 Å². The Morgan fingerprint density at radius 2 is 2.13 bits per heavy atom. The first kappa shape index (κ1) is 11.5. The molecule has 0 heterocycles. The lowest BCUT2D eigenvalue weighted by Crippen LogP contribution is -2.03. The van der Waals surface area contributed by atoms with Crippen molar-refractivity contribution in [2.24, 2.45) is 0 Å². The molecular formula is C12H15NO2. The standard InChI is InChI=1S/C12H15NO2/c1-10-5-3-6-11(9-13)12(10)15-8-4-7-14-2/h3,5-6H,4,7-8H2,1-2H3. The average molecular weight is 205 g/mol. The van der Waals surface area contributed by atoms with Gasteiger partial charge < -0.3 is 9.47 Å². The molecule has 1 aromatic rings. The van der Waals surface area contributed by atoms with Gasteiger partial charge in [0, 0.05) is 20.1 Å². The Morgan fingerprint density at radius 3 is 2.80 bits per heavy atom. The van der Waals surface area contributed by atoms with Gasteiger partial charge in [0.15, 0.2) is 0 Å². The van der Waals surface area contributed by atoms with Crippen LogP contribution in [0.15, 0.2) is 18.2 Å². The van der Waals surface area contributed by atoms with Gasteiger partial charge in [-0.15, -0.1) is 0 Å². The first-order valence-electron chi connectivity index (χ1n) is 4.91. The number of nitriles is 1. The van der Waals surface area contributed by atoms with Crippen LogP contribution in [-0.2, 0) is 4.74 Å². The van der Waals surface area contributed by atoms with E-state index in [1.54, 1.807) is 13.2 Å². The van der Waals surface area contributed by atoms with Gasteiger partial charge in [0.05, 0.1) is 12.2 Å². The molecule has 0 saturated carbocycles. The van der Waals surface area contributed by atoms with E-state index in [1.165, 1.54) is 0 Å². The zero-order valence-corrected chi connectivity index (χ0v) is 9.12. The smallest absolute Gasteiger partial charge is 0.139 e. The van der Waals surface area contributed by atoms with E-state index in [4.69, 9.17) is 14.7 Å². The van der Waals surface area contributed by atoms with Gasteiger partial charge in [-0.25, -0.2) is 0 Å². The van der Waals surface area contributed by atoms with E-state index in [9.17, 15) is 0 Å². The lowest BCUT2D eigenvalue weighted by Gasteiger charge is -2.09. The third-order valence-corrected chi connectivity index (χ3v) is 2.07. The third kappa shape index (κ3) is 3.26. The van der Waals surface area contributed by atoms with Crippen molar-refractivity contribution in [3.8, 4) is 11.8 Å². The van der Waals surface area contributed by atoms with Crippen molar-refractivity contribution < 1.29 is 9.47 Å². The highest BCUT2D eigenvalue weighted by Gasteiger charge is 2.05. The molecule has 0 aliphatic carbocycles. The Kier molecular flexibility index (Phi) is 4.65. The molecule has 0 bridgehead atoms. The zero-order valence-electron chi connectivity index (χ0n) is 9.12. The summed E-state index contributed by atoms with van der Waals surface area (Å²) >= 11 is 0. The molecule has 3 heteroatoms. The lowest BCUT2D eigenvalue weighted by molar-refractivity contribution is 0.172. The van der Waals surface area contributed by atoms with Crippen LogP contribution in [0.3, 0.4) is 0 Å². The molecule has 0 N–H and O–H groups in total. The highest BCUT2D eigenvalue weighted by atomic mass is 16.5. The van der Waals surface area contributed by atoms with Crippen LogP contribution in [0.1, 0.15) is 17.5 Å². The summed E-state index contributed by atoms with van der Waals surface area (Å²) in [6.45, 7) is 3.19. The number of methoxy groups -OCH3 is 1. The van der Waals surface area contributed by atoms with Crippen LogP contribution in [0.25, 0.3) is 0 Å². The van der Waals surface area contributed by atoms with Crippen molar-refractivity contribution in [3.05, 3.63) is 29.3 Å². The normalized spacial score (nSPS) is 9.67. The molecule has 1 rings (SSSR count). The highest BCUT2D eigenvalue weighted by Crippen LogP contribution is 2.22. The fourth-order valence-electron chi connectivity index (χ4n) is 1.31. The fraction of sp³-hybridized carbons (Fsp3) is 0.417. The van der Waals surface area contributed by atoms with E-state index in [-0.39, 0.29) is 0 Å². The molecule has 0 spiro atoms. The summed E-state index contributed by atoms with van der Waals surface area (Å²) in [7, 11) is 1.66. The Bertz CT molecular complexity index is 355. The van der Waals surface area contributed by atoms with Crippen LogP contribution < -0.4 is 4.74 Å². The first-order chi connectivity index (χ1) is 7.29. The van der Waals surface area contributed by atoms with Gasteiger partial charge in [0.2, 0.25) is 0 Å². The van der Waals surface area contributed by atoms with Gasteiger partial charge in [-0.3, -0.25) is 0 Å². The Hall–Kier alpha value is -1.53. The van der Waals surface area contributed by atoms with E-state index >= 15 is 0 Å². The number of hydrogen-bond acceptors (Lipinski definition) is 3. The van der Waals surface area contributed by atoms with Crippen molar-refractivity contribution in [2.75, 3.05) is 20.3 Å². The maximum Gasteiger partial charge on any atom is 0.139 e. The Morgan fingerprint density at radius 1 is 1.33 bits per heavy atom. The number of benzene rings is 1. The second-order valence-electron chi connectivity index (χ2n) is 3.26. The maximum absolute atomic E-state index is 8.89. The van der Waals surface area contributed by atoms with Crippen LogP contribution >= 0.6 is 0 Å². The molecule has 1 aromatic carbocycles. The van der Waals surface area contributed by atoms with Gasteiger partial charge in [-0.1, -0.05) is 12.1 Å². The minimum absolute atomic E-state index is 0.577. The number of rotatable bonds is 5. The van der Waals surface area contributed by atoms with Gasteiger partial charge >= 0.3 is 0 Å². The molecule has 0 atom stereocenters. The molecular weight excluding hydrogens is 190 g/mol. The van der Waals surface area contributed by atoms with Gasteiger partial charge in [0.25, 0.3) is 0 Å². The summed E-state index contributed by atoms with van der Waals surface area (Å²) < 4.78 is 10.5. The second kappa shape index (κ2) is 6.05. The summed E-state index contributed by atoms with van der Waals surface area (Å²) in [4.78, 5) is 0. The molecule has 3 nitrogen and oxygen atoms in total. The predicted octanol–water partition coefficient (Wildman–Crippen LogP) is 2.28. The topological polar surface area (TPSA) is 42.2 Å². The summed E-state index contributed by atoms with van der Waals surface area (Å²) in [6.07, 6.45) is 0.829. The SMILES string of the molecule is COCCCOc1c(C)cccc1C#N. The summed E-state index contributed by atoms with van der Waals surface area (Å²) in [5.41, 5.74) is 1.58. The van der Waals surface area contributed by atoms with Crippen molar-refractivity contribution in [2.45, 2.75) is 13.3 Å². The molecule has 0 aliphatic rings. The lowest BCUT2D eigenvalue weighted by atomic mass is 10.1. The number of nitrogens with zero attached hydrogens (tertiary/aromatic N) is 1. The fourth-order valence-corrected chi connectivity index (χ4v) is 1.31. The van der Waals surface area contributed by atoms with E-state index in [0.29, 0.717) is 24.5 Å². The monoisotopic (exact) mass is 205 g/mol. The molecule has 0 fully saturated rings. The molecule has 15 heavy (non-hydrogen) atoms. The average Bonchev–Trinajstić information content (AvgIpc) is 2.26. The van der Waals surface area contributed by atoms with E-state index in [2.05, 4.69) is 6.07 Å². The molecule has 0 amide bonds. The van der Waals surface area contributed by atoms with Crippen molar-refractivity contribution in [1.29, 1.82) is 5.26 Å². The molecule has 0 unspecified atom stereocenters. The van der Waals surface area contributed by atoms with E-state index < -0.39 is 0 Å². The first-order valence-corrected chi connectivity index (χ1v) is 4.91. The van der Waals surface area contributed by atoms with E-state index in [0.717, 1.165) is 12.0 Å². The van der Waals surface area contributed by atoms with Crippen LogP contribution in [0.5, 0.6) is 5.75 Å². The minimum Gasteiger partial charge on any atom is -0.492 e. The number of aryl methyl sites for hydroxylation is 1. The van der Waals surface area contributed by atoms with Crippen LogP contribution in [0, 0.1) is 18.3 Å². The summed E-state index contributed by atoms with van der Waals surface area (Å²) in [5, 5.41) is 8.89.